The van der Waals surface area contributed by atoms with Crippen molar-refractivity contribution in [1.82, 2.24) is 4.98 Å². The quantitative estimate of drug-likeness (QED) is 0.518. The van der Waals surface area contributed by atoms with Crippen molar-refractivity contribution in [2.75, 3.05) is 0 Å². The summed E-state index contributed by atoms with van der Waals surface area (Å²) < 4.78 is 0. The smallest absolute Gasteiger partial charge is 0.124 e. The fourth-order valence-corrected chi connectivity index (χ4v) is 8.87. The molecule has 2 aromatic rings. The largest absolute Gasteiger partial charge is 0.393 e. The maximum Gasteiger partial charge on any atom is 0.124 e. The minimum Gasteiger partial charge on any atom is -0.393 e. The van der Waals surface area contributed by atoms with Gasteiger partial charge < -0.3 is 5.11 Å². The summed E-state index contributed by atoms with van der Waals surface area (Å²) in [5.41, 5.74) is 4.28. The average molecular weight is 440 g/mol. The van der Waals surface area contributed by atoms with Gasteiger partial charge in [0.05, 0.1) is 11.8 Å². The predicted molar refractivity (Wildman–Crippen MR) is 125 cm³/mol. The molecule has 0 aliphatic heterocycles. The zero-order valence-corrected chi connectivity index (χ0v) is 19.4. The number of aryl methyl sites for hydroxylation is 1. The Bertz CT molecular complexity index is 1040. The number of hydrogen-bond acceptors (Lipinski definition) is 3. The Morgan fingerprint density at radius 3 is 2.83 bits per heavy atom. The van der Waals surface area contributed by atoms with Crippen molar-refractivity contribution < 1.29 is 5.11 Å². The van der Waals surface area contributed by atoms with Crippen LogP contribution in [0.4, 0.5) is 0 Å². The first kappa shape index (κ1) is 19.5. The Balaban J connectivity index is 1.39. The standard InChI is InChI=1S/C26H30ClNOS/c1-25-13-11-21-23(28-24(30-21)15-4-3-5-16(27)14-15)20(25)7-6-17-18-8-9-22(29)26(18,2)12-10-19(17)25/h3-5,7,14,17-19,22,29H,6,8-13H2,1-2H3/t17-,18-,19-,22-,25+,26-/m0/s1. The van der Waals surface area contributed by atoms with Gasteiger partial charge in [-0.2, -0.15) is 0 Å². The minimum absolute atomic E-state index is 0.0987. The summed E-state index contributed by atoms with van der Waals surface area (Å²) >= 11 is 8.10. The maximum atomic E-state index is 10.7. The number of thiazole rings is 1. The Labute approximate surface area is 188 Å². The van der Waals surface area contributed by atoms with Gasteiger partial charge in [-0.3, -0.25) is 0 Å². The van der Waals surface area contributed by atoms with E-state index in [0.29, 0.717) is 5.92 Å². The lowest BCUT2D eigenvalue weighted by Gasteiger charge is -2.56. The number of aliphatic hydroxyl groups is 1. The number of aromatic nitrogens is 1. The summed E-state index contributed by atoms with van der Waals surface area (Å²) in [5, 5.41) is 12.6. The van der Waals surface area contributed by atoms with Gasteiger partial charge in [-0.1, -0.05) is 43.7 Å². The first-order chi connectivity index (χ1) is 14.4. The van der Waals surface area contributed by atoms with Crippen molar-refractivity contribution >= 4 is 28.5 Å². The molecule has 0 unspecified atom stereocenters. The molecule has 4 aliphatic carbocycles. The van der Waals surface area contributed by atoms with Gasteiger partial charge >= 0.3 is 0 Å². The average Bonchev–Trinajstić information content (AvgIpc) is 3.29. The van der Waals surface area contributed by atoms with Gasteiger partial charge in [0.2, 0.25) is 0 Å². The number of fused-ring (bicyclic) bond motifs is 7. The Morgan fingerprint density at radius 1 is 1.13 bits per heavy atom. The third-order valence-corrected chi connectivity index (χ3v) is 10.7. The van der Waals surface area contributed by atoms with Gasteiger partial charge in [-0.25, -0.2) is 4.98 Å². The third-order valence-electron chi connectivity index (χ3n) is 9.31. The second-order valence-corrected chi connectivity index (χ2v) is 12.1. The van der Waals surface area contributed by atoms with E-state index in [1.807, 2.05) is 29.5 Å². The van der Waals surface area contributed by atoms with E-state index in [1.54, 1.807) is 0 Å². The molecule has 6 atom stereocenters. The normalized spacial score (nSPS) is 39.5. The van der Waals surface area contributed by atoms with E-state index in [9.17, 15) is 5.11 Å². The third kappa shape index (κ3) is 2.61. The first-order valence-corrected chi connectivity index (χ1v) is 12.7. The van der Waals surface area contributed by atoms with Crippen LogP contribution in [0.25, 0.3) is 16.1 Å². The molecule has 0 spiro atoms. The minimum atomic E-state index is -0.0987. The van der Waals surface area contributed by atoms with Crippen LogP contribution in [0.2, 0.25) is 5.02 Å². The van der Waals surface area contributed by atoms with Crippen LogP contribution >= 0.6 is 22.9 Å². The fraction of sp³-hybridized carbons (Fsp3) is 0.577. The highest BCUT2D eigenvalue weighted by Gasteiger charge is 2.58. The molecule has 6 rings (SSSR count). The summed E-state index contributed by atoms with van der Waals surface area (Å²) in [6.07, 6.45) is 10.6. The van der Waals surface area contributed by atoms with Gasteiger partial charge in [0.1, 0.15) is 5.01 Å². The van der Waals surface area contributed by atoms with Crippen molar-refractivity contribution in [3.05, 3.63) is 45.9 Å². The van der Waals surface area contributed by atoms with Crippen molar-refractivity contribution in [1.29, 1.82) is 0 Å². The molecule has 2 nitrogen and oxygen atoms in total. The lowest BCUT2D eigenvalue weighted by atomic mass is 9.48. The topological polar surface area (TPSA) is 33.1 Å². The van der Waals surface area contributed by atoms with Gasteiger partial charge in [0.25, 0.3) is 0 Å². The number of allylic oxidation sites excluding steroid dienone is 2. The van der Waals surface area contributed by atoms with E-state index in [0.717, 1.165) is 46.7 Å². The van der Waals surface area contributed by atoms with Gasteiger partial charge in [-0.15, -0.1) is 11.3 Å². The van der Waals surface area contributed by atoms with Crippen LogP contribution < -0.4 is 0 Å². The number of aliphatic hydroxyl groups excluding tert-OH is 1. The molecule has 1 aromatic heterocycles. The van der Waals surface area contributed by atoms with Crippen molar-refractivity contribution in [2.45, 2.75) is 64.9 Å². The highest BCUT2D eigenvalue weighted by Crippen LogP contribution is 2.66. The van der Waals surface area contributed by atoms with E-state index >= 15 is 0 Å². The molecule has 2 fully saturated rings. The molecule has 1 N–H and O–H groups in total. The van der Waals surface area contributed by atoms with Gasteiger partial charge in [0, 0.05) is 15.5 Å². The molecule has 2 saturated carbocycles. The zero-order chi connectivity index (χ0) is 20.7. The van der Waals surface area contributed by atoms with E-state index in [-0.39, 0.29) is 16.9 Å². The lowest BCUT2D eigenvalue weighted by Crippen LogP contribution is -2.50. The molecule has 158 valence electrons. The second kappa shape index (κ2) is 6.67. The molecule has 1 heterocycles. The number of hydrogen-bond donors (Lipinski definition) is 1. The molecular weight excluding hydrogens is 410 g/mol. The van der Waals surface area contributed by atoms with Crippen molar-refractivity contribution in [2.24, 2.45) is 28.6 Å². The second-order valence-electron chi connectivity index (χ2n) is 10.6. The molecule has 0 radical (unpaired) electrons. The fourth-order valence-electron chi connectivity index (χ4n) is 7.60. The lowest BCUT2D eigenvalue weighted by molar-refractivity contribution is -0.0579. The summed E-state index contributed by atoms with van der Waals surface area (Å²) in [6, 6.07) is 8.09. The van der Waals surface area contributed by atoms with Gasteiger partial charge in [-0.05, 0) is 91.2 Å². The maximum absolute atomic E-state index is 10.7. The van der Waals surface area contributed by atoms with Crippen LogP contribution in [-0.2, 0) is 6.42 Å². The van der Waals surface area contributed by atoms with Crippen LogP contribution in [0.15, 0.2) is 30.3 Å². The molecule has 4 heteroatoms. The molecule has 0 amide bonds. The summed E-state index contributed by atoms with van der Waals surface area (Å²) in [5.74, 6) is 2.13. The number of nitrogens with zero attached hydrogens (tertiary/aromatic N) is 1. The van der Waals surface area contributed by atoms with E-state index < -0.39 is 0 Å². The number of rotatable bonds is 1. The molecule has 1 aromatic carbocycles. The van der Waals surface area contributed by atoms with Crippen LogP contribution in [0.3, 0.4) is 0 Å². The zero-order valence-electron chi connectivity index (χ0n) is 17.8. The summed E-state index contributed by atoms with van der Waals surface area (Å²) in [4.78, 5) is 6.62. The number of halogens is 1. The number of benzene rings is 1. The monoisotopic (exact) mass is 439 g/mol. The predicted octanol–water partition coefficient (Wildman–Crippen LogP) is 7.01. The molecule has 0 saturated heterocycles. The molecule has 0 bridgehead atoms. The molecule has 30 heavy (non-hydrogen) atoms. The van der Waals surface area contributed by atoms with E-state index in [4.69, 9.17) is 16.6 Å². The molecular formula is C26H30ClNOS. The summed E-state index contributed by atoms with van der Waals surface area (Å²) in [6.45, 7) is 4.88. The Kier molecular flexibility index (Phi) is 4.34. The van der Waals surface area contributed by atoms with Gasteiger partial charge in [0.15, 0.2) is 0 Å². The molecule has 4 aliphatic rings. The van der Waals surface area contributed by atoms with Crippen LogP contribution in [0, 0.1) is 28.6 Å². The highest BCUT2D eigenvalue weighted by molar-refractivity contribution is 7.15. The summed E-state index contributed by atoms with van der Waals surface area (Å²) in [7, 11) is 0. The van der Waals surface area contributed by atoms with E-state index in [1.165, 1.54) is 41.8 Å². The first-order valence-electron chi connectivity index (χ1n) is 11.5. The highest BCUT2D eigenvalue weighted by atomic mass is 35.5. The van der Waals surface area contributed by atoms with Crippen LogP contribution in [-0.4, -0.2) is 16.2 Å². The van der Waals surface area contributed by atoms with Crippen molar-refractivity contribution in [3.8, 4) is 10.6 Å². The van der Waals surface area contributed by atoms with Crippen LogP contribution in [0.1, 0.15) is 62.9 Å². The Hall–Kier alpha value is -1.16. The SMILES string of the molecule is C[C@]12CC[C@H]3[C@@H](CC=C4c5nc(-c6cccc(Cl)c6)sc5CC[C@@]43C)[C@@H]1CC[C@@H]2O. The van der Waals surface area contributed by atoms with Crippen molar-refractivity contribution in [3.63, 3.8) is 0 Å². The van der Waals surface area contributed by atoms with E-state index in [2.05, 4.69) is 26.0 Å². The Morgan fingerprint density at radius 2 is 2.00 bits per heavy atom. The van der Waals surface area contributed by atoms with Crippen LogP contribution in [0.5, 0.6) is 0 Å².